The topological polar surface area (TPSA) is 46.4 Å². The first-order chi connectivity index (χ1) is 10.4. The quantitative estimate of drug-likeness (QED) is 0.786. The molecule has 4 nitrogen and oxygen atoms in total. The molecule has 0 saturated carbocycles. The lowest BCUT2D eigenvalue weighted by Crippen LogP contribution is -2.14. The zero-order chi connectivity index (χ0) is 15.7. The Morgan fingerprint density at radius 2 is 1.95 bits per heavy atom. The first-order valence-electron chi connectivity index (χ1n) is 6.35. The second kappa shape index (κ2) is 5.18. The number of nitrogens with one attached hydrogen (secondary N) is 1. The van der Waals surface area contributed by atoms with Crippen molar-refractivity contribution in [3.05, 3.63) is 66.0 Å². The van der Waals surface area contributed by atoms with E-state index in [2.05, 4.69) is 10.4 Å². The minimum absolute atomic E-state index is 0.0526. The van der Waals surface area contributed by atoms with Gasteiger partial charge in [-0.2, -0.15) is 18.3 Å². The van der Waals surface area contributed by atoms with Crippen LogP contribution in [0.2, 0.25) is 0 Å². The molecule has 0 atom stereocenters. The van der Waals surface area contributed by atoms with Crippen LogP contribution >= 0.6 is 0 Å². The molecular weight excluding hydrogens is 295 g/mol. The molecule has 0 bridgehead atoms. The third-order valence-electron chi connectivity index (χ3n) is 3.11. The molecule has 3 aromatic rings. The standard InChI is InChI=1S/C15H10F3N3O/c16-15(17,18)11-3-1-2-10(8-11)14(22)20-12-5-7-21-13(9-12)4-6-19-21/h1-9H,(H,20,22). The molecule has 1 N–H and O–H groups in total. The maximum atomic E-state index is 12.7. The molecule has 1 aromatic carbocycles. The number of hydrogen-bond donors (Lipinski definition) is 1. The van der Waals surface area contributed by atoms with Gasteiger partial charge in [0, 0.05) is 23.6 Å². The molecule has 0 aliphatic carbocycles. The molecule has 22 heavy (non-hydrogen) atoms. The lowest BCUT2D eigenvalue weighted by molar-refractivity contribution is -0.137. The number of rotatable bonds is 2. The van der Waals surface area contributed by atoms with E-state index in [0.29, 0.717) is 5.69 Å². The molecular formula is C15H10F3N3O. The van der Waals surface area contributed by atoms with Crippen molar-refractivity contribution in [1.29, 1.82) is 0 Å². The summed E-state index contributed by atoms with van der Waals surface area (Å²) >= 11 is 0. The molecule has 0 saturated heterocycles. The Bertz CT molecular complexity index is 839. The van der Waals surface area contributed by atoms with Gasteiger partial charge < -0.3 is 5.32 Å². The average Bonchev–Trinajstić information content (AvgIpc) is 2.94. The van der Waals surface area contributed by atoms with E-state index in [1.54, 1.807) is 35.1 Å². The van der Waals surface area contributed by atoms with Crippen LogP contribution in [0.15, 0.2) is 54.9 Å². The SMILES string of the molecule is O=C(Nc1ccn2nccc2c1)c1cccc(C(F)(F)F)c1. The van der Waals surface area contributed by atoms with Crippen LogP contribution in [0.3, 0.4) is 0 Å². The van der Waals surface area contributed by atoms with Crippen LogP contribution in [0.25, 0.3) is 5.52 Å². The lowest BCUT2D eigenvalue weighted by atomic mass is 10.1. The summed E-state index contributed by atoms with van der Waals surface area (Å²) in [5, 5.41) is 6.59. The van der Waals surface area contributed by atoms with Crippen molar-refractivity contribution >= 4 is 17.1 Å². The van der Waals surface area contributed by atoms with Gasteiger partial charge >= 0.3 is 6.18 Å². The highest BCUT2D eigenvalue weighted by Gasteiger charge is 2.30. The number of hydrogen-bond acceptors (Lipinski definition) is 2. The van der Waals surface area contributed by atoms with Gasteiger partial charge in [-0.05, 0) is 36.4 Å². The molecule has 1 amide bonds. The van der Waals surface area contributed by atoms with Crippen LogP contribution in [0.5, 0.6) is 0 Å². The molecule has 0 unspecified atom stereocenters. The van der Waals surface area contributed by atoms with Gasteiger partial charge in [0.25, 0.3) is 5.91 Å². The highest BCUT2D eigenvalue weighted by molar-refractivity contribution is 6.04. The van der Waals surface area contributed by atoms with Gasteiger partial charge in [0.2, 0.25) is 0 Å². The predicted octanol–water partition coefficient (Wildman–Crippen LogP) is 3.61. The molecule has 0 spiro atoms. The molecule has 112 valence electrons. The second-order valence-electron chi connectivity index (χ2n) is 4.65. The summed E-state index contributed by atoms with van der Waals surface area (Å²) < 4.78 is 39.6. The van der Waals surface area contributed by atoms with Crippen molar-refractivity contribution in [1.82, 2.24) is 9.61 Å². The van der Waals surface area contributed by atoms with Gasteiger partial charge in [-0.3, -0.25) is 4.79 Å². The summed E-state index contributed by atoms with van der Waals surface area (Å²) in [5.41, 5.74) is 0.340. The fourth-order valence-electron chi connectivity index (χ4n) is 2.04. The summed E-state index contributed by atoms with van der Waals surface area (Å²) in [6, 6.07) is 9.34. The second-order valence-corrected chi connectivity index (χ2v) is 4.65. The van der Waals surface area contributed by atoms with Gasteiger partial charge in [-0.25, -0.2) is 4.52 Å². The van der Waals surface area contributed by atoms with Gasteiger partial charge in [-0.15, -0.1) is 0 Å². The molecule has 2 heterocycles. The lowest BCUT2D eigenvalue weighted by Gasteiger charge is -2.09. The number of amides is 1. The summed E-state index contributed by atoms with van der Waals surface area (Å²) in [6.07, 6.45) is -1.22. The average molecular weight is 305 g/mol. The summed E-state index contributed by atoms with van der Waals surface area (Å²) in [7, 11) is 0. The first-order valence-corrected chi connectivity index (χ1v) is 6.35. The van der Waals surface area contributed by atoms with E-state index in [9.17, 15) is 18.0 Å². The van der Waals surface area contributed by atoms with Crippen LogP contribution in [0.4, 0.5) is 18.9 Å². The van der Waals surface area contributed by atoms with Crippen molar-refractivity contribution in [2.75, 3.05) is 5.32 Å². The highest BCUT2D eigenvalue weighted by atomic mass is 19.4. The Labute approximate surface area is 123 Å². The van der Waals surface area contributed by atoms with E-state index in [1.165, 1.54) is 12.1 Å². The van der Waals surface area contributed by atoms with E-state index < -0.39 is 17.6 Å². The third-order valence-corrected chi connectivity index (χ3v) is 3.11. The fraction of sp³-hybridized carbons (Fsp3) is 0.0667. The number of carbonyl (C=O) groups excluding carboxylic acids is 1. The molecule has 3 rings (SSSR count). The third kappa shape index (κ3) is 2.78. The first kappa shape index (κ1) is 14.1. The monoisotopic (exact) mass is 305 g/mol. The Morgan fingerprint density at radius 1 is 1.14 bits per heavy atom. The number of halogens is 3. The van der Waals surface area contributed by atoms with E-state index in [4.69, 9.17) is 0 Å². The zero-order valence-corrected chi connectivity index (χ0v) is 11.1. The number of carbonyl (C=O) groups is 1. The van der Waals surface area contributed by atoms with Crippen LogP contribution in [0, 0.1) is 0 Å². The number of aromatic nitrogens is 2. The number of anilines is 1. The van der Waals surface area contributed by atoms with E-state index in [-0.39, 0.29) is 5.56 Å². The molecule has 7 heteroatoms. The number of alkyl halides is 3. The molecule has 0 aliphatic rings. The minimum Gasteiger partial charge on any atom is -0.322 e. The molecule has 0 aliphatic heterocycles. The predicted molar refractivity (Wildman–Crippen MR) is 74.6 cm³/mol. The van der Waals surface area contributed by atoms with Crippen LogP contribution in [0.1, 0.15) is 15.9 Å². The molecule has 2 aromatic heterocycles. The number of nitrogens with zero attached hydrogens (tertiary/aromatic N) is 2. The van der Waals surface area contributed by atoms with Crippen molar-refractivity contribution in [2.45, 2.75) is 6.18 Å². The van der Waals surface area contributed by atoms with E-state index in [1.807, 2.05) is 0 Å². The molecule has 0 radical (unpaired) electrons. The van der Waals surface area contributed by atoms with Crippen molar-refractivity contribution in [2.24, 2.45) is 0 Å². The highest BCUT2D eigenvalue weighted by Crippen LogP contribution is 2.29. The summed E-state index contributed by atoms with van der Waals surface area (Å²) in [4.78, 5) is 12.1. The van der Waals surface area contributed by atoms with E-state index >= 15 is 0 Å². The number of pyridine rings is 1. The maximum Gasteiger partial charge on any atom is 0.416 e. The normalized spacial score (nSPS) is 11.6. The smallest absolute Gasteiger partial charge is 0.322 e. The Kier molecular flexibility index (Phi) is 3.32. The Morgan fingerprint density at radius 3 is 2.73 bits per heavy atom. The van der Waals surface area contributed by atoms with Crippen LogP contribution in [-0.4, -0.2) is 15.5 Å². The Hall–Kier alpha value is -2.83. The summed E-state index contributed by atoms with van der Waals surface area (Å²) in [5.74, 6) is -0.602. The maximum absolute atomic E-state index is 12.7. The summed E-state index contributed by atoms with van der Waals surface area (Å²) in [6.45, 7) is 0. The Balaban J connectivity index is 1.85. The zero-order valence-electron chi connectivity index (χ0n) is 11.1. The fourth-order valence-corrected chi connectivity index (χ4v) is 2.04. The van der Waals surface area contributed by atoms with Gasteiger partial charge in [-0.1, -0.05) is 6.07 Å². The van der Waals surface area contributed by atoms with Crippen LogP contribution < -0.4 is 5.32 Å². The van der Waals surface area contributed by atoms with Gasteiger partial charge in [0.05, 0.1) is 11.1 Å². The largest absolute Gasteiger partial charge is 0.416 e. The molecule has 0 fully saturated rings. The van der Waals surface area contributed by atoms with Crippen molar-refractivity contribution in [3.8, 4) is 0 Å². The van der Waals surface area contributed by atoms with Gasteiger partial charge in [0.15, 0.2) is 0 Å². The number of benzene rings is 1. The number of fused-ring (bicyclic) bond motifs is 1. The van der Waals surface area contributed by atoms with Crippen molar-refractivity contribution in [3.63, 3.8) is 0 Å². The van der Waals surface area contributed by atoms with E-state index in [0.717, 1.165) is 17.6 Å². The van der Waals surface area contributed by atoms with Crippen LogP contribution in [-0.2, 0) is 6.18 Å². The minimum atomic E-state index is -4.48. The van der Waals surface area contributed by atoms with Crippen molar-refractivity contribution < 1.29 is 18.0 Å². The van der Waals surface area contributed by atoms with Gasteiger partial charge in [0.1, 0.15) is 0 Å².